The van der Waals surface area contributed by atoms with E-state index in [9.17, 15) is 9.59 Å². The van der Waals surface area contributed by atoms with Gasteiger partial charge in [-0.2, -0.15) is 0 Å². The number of hydrogen-bond donors (Lipinski definition) is 3. The van der Waals surface area contributed by atoms with Crippen molar-refractivity contribution in [2.24, 2.45) is 0 Å². The first-order valence-corrected chi connectivity index (χ1v) is 7.63. The molecule has 0 saturated heterocycles. The van der Waals surface area contributed by atoms with Crippen molar-refractivity contribution < 1.29 is 14.3 Å². The Morgan fingerprint density at radius 2 is 1.96 bits per heavy atom. The number of carbonyl (C=O) groups excluding carboxylic acids is 2. The van der Waals surface area contributed by atoms with Crippen LogP contribution in [0.4, 0.5) is 5.95 Å². The molecule has 1 aromatic carbocycles. The second-order valence-electron chi connectivity index (χ2n) is 5.40. The van der Waals surface area contributed by atoms with Crippen LogP contribution in [0, 0.1) is 13.8 Å². The topological polar surface area (TPSA) is 99.9 Å². The quantitative estimate of drug-likeness (QED) is 0.642. The summed E-state index contributed by atoms with van der Waals surface area (Å²) in [6.07, 6.45) is 0. The van der Waals surface area contributed by atoms with Crippen LogP contribution in [0.15, 0.2) is 24.3 Å². The van der Waals surface area contributed by atoms with Gasteiger partial charge in [0.05, 0.1) is 23.2 Å². The molecule has 0 aliphatic rings. The summed E-state index contributed by atoms with van der Waals surface area (Å²) >= 11 is 0. The van der Waals surface area contributed by atoms with E-state index in [1.807, 2.05) is 24.3 Å². The second-order valence-corrected chi connectivity index (χ2v) is 5.40. The fraction of sp³-hybridized carbons (Fsp3) is 0.235. The Morgan fingerprint density at radius 3 is 2.67 bits per heavy atom. The van der Waals surface area contributed by atoms with Crippen molar-refractivity contribution >= 4 is 28.9 Å². The van der Waals surface area contributed by atoms with E-state index in [0.717, 1.165) is 11.0 Å². The SMILES string of the molecule is CCOC(=O)c1[nH]c(C)c(C(=O)Nc2nc3ccccc3[nH]2)c1C. The Hall–Kier alpha value is -3.09. The van der Waals surface area contributed by atoms with Gasteiger partial charge in [0.2, 0.25) is 5.95 Å². The van der Waals surface area contributed by atoms with Crippen LogP contribution in [0.5, 0.6) is 0 Å². The Kier molecular flexibility index (Phi) is 4.07. The first-order valence-electron chi connectivity index (χ1n) is 7.63. The van der Waals surface area contributed by atoms with Crippen LogP contribution in [0.3, 0.4) is 0 Å². The van der Waals surface area contributed by atoms with Gasteiger partial charge in [0.1, 0.15) is 5.69 Å². The van der Waals surface area contributed by atoms with Gasteiger partial charge in [0.25, 0.3) is 5.91 Å². The van der Waals surface area contributed by atoms with Crippen molar-refractivity contribution in [1.29, 1.82) is 0 Å². The van der Waals surface area contributed by atoms with Crippen LogP contribution >= 0.6 is 0 Å². The number of imidazole rings is 1. The summed E-state index contributed by atoms with van der Waals surface area (Å²) < 4.78 is 4.99. The van der Waals surface area contributed by atoms with Crippen molar-refractivity contribution in [2.75, 3.05) is 11.9 Å². The summed E-state index contributed by atoms with van der Waals surface area (Å²) in [5, 5.41) is 2.74. The highest BCUT2D eigenvalue weighted by atomic mass is 16.5. The number of carbonyl (C=O) groups is 2. The molecule has 7 nitrogen and oxygen atoms in total. The fourth-order valence-corrected chi connectivity index (χ4v) is 2.68. The van der Waals surface area contributed by atoms with Crippen molar-refractivity contribution in [2.45, 2.75) is 20.8 Å². The number of anilines is 1. The minimum absolute atomic E-state index is 0.275. The van der Waals surface area contributed by atoms with Gasteiger partial charge in [-0.1, -0.05) is 12.1 Å². The minimum atomic E-state index is -0.471. The third-order valence-corrected chi connectivity index (χ3v) is 3.77. The average molecular weight is 326 g/mol. The number of rotatable bonds is 4. The molecule has 2 heterocycles. The van der Waals surface area contributed by atoms with Gasteiger partial charge < -0.3 is 14.7 Å². The zero-order valence-electron chi connectivity index (χ0n) is 13.7. The van der Waals surface area contributed by atoms with Crippen LogP contribution in [0.25, 0.3) is 11.0 Å². The number of amides is 1. The van der Waals surface area contributed by atoms with E-state index < -0.39 is 5.97 Å². The lowest BCUT2D eigenvalue weighted by molar-refractivity contribution is 0.0519. The molecule has 0 bridgehead atoms. The summed E-state index contributed by atoms with van der Waals surface area (Å²) in [6.45, 7) is 5.46. The second kappa shape index (κ2) is 6.19. The highest BCUT2D eigenvalue weighted by molar-refractivity contribution is 6.08. The van der Waals surface area contributed by atoms with E-state index in [1.54, 1.807) is 20.8 Å². The number of hydrogen-bond acceptors (Lipinski definition) is 4. The molecule has 0 atom stereocenters. The normalized spacial score (nSPS) is 10.8. The number of para-hydroxylation sites is 2. The van der Waals surface area contributed by atoms with Crippen LogP contribution in [0.1, 0.15) is 39.0 Å². The van der Waals surface area contributed by atoms with E-state index in [0.29, 0.717) is 28.5 Å². The van der Waals surface area contributed by atoms with Crippen LogP contribution in [-0.4, -0.2) is 33.4 Å². The summed E-state index contributed by atoms with van der Waals surface area (Å²) in [6, 6.07) is 7.50. The molecule has 7 heteroatoms. The first kappa shape index (κ1) is 15.8. The number of aromatic nitrogens is 3. The zero-order valence-corrected chi connectivity index (χ0v) is 13.7. The average Bonchev–Trinajstić information content (AvgIpc) is 3.07. The summed E-state index contributed by atoms with van der Waals surface area (Å²) in [5.41, 5.74) is 3.47. The predicted octanol–water partition coefficient (Wildman–Crippen LogP) is 2.94. The van der Waals surface area contributed by atoms with E-state index in [4.69, 9.17) is 4.74 Å². The van der Waals surface area contributed by atoms with Crippen LogP contribution in [-0.2, 0) is 4.74 Å². The van der Waals surface area contributed by atoms with Crippen LogP contribution < -0.4 is 5.32 Å². The van der Waals surface area contributed by atoms with Gasteiger partial charge >= 0.3 is 5.97 Å². The number of ether oxygens (including phenoxy) is 1. The van der Waals surface area contributed by atoms with Crippen molar-refractivity contribution in [3.8, 4) is 0 Å². The lowest BCUT2D eigenvalue weighted by atomic mass is 10.1. The third kappa shape index (κ3) is 2.76. The Labute approximate surface area is 138 Å². The molecule has 0 saturated carbocycles. The Bertz CT molecular complexity index is 890. The van der Waals surface area contributed by atoms with Gasteiger partial charge in [-0.15, -0.1) is 0 Å². The number of esters is 1. The first-order chi connectivity index (χ1) is 11.5. The molecule has 2 aromatic heterocycles. The van der Waals surface area contributed by atoms with E-state index in [1.165, 1.54) is 0 Å². The number of fused-ring (bicyclic) bond motifs is 1. The third-order valence-electron chi connectivity index (χ3n) is 3.77. The molecule has 0 radical (unpaired) electrons. The molecule has 0 fully saturated rings. The maximum Gasteiger partial charge on any atom is 0.355 e. The largest absolute Gasteiger partial charge is 0.461 e. The van der Waals surface area contributed by atoms with Crippen LogP contribution in [0.2, 0.25) is 0 Å². The van der Waals surface area contributed by atoms with Crippen molar-refractivity contribution in [1.82, 2.24) is 15.0 Å². The lowest BCUT2D eigenvalue weighted by Crippen LogP contribution is -2.15. The number of benzene rings is 1. The maximum atomic E-state index is 12.6. The lowest BCUT2D eigenvalue weighted by Gasteiger charge is -2.03. The molecule has 0 unspecified atom stereocenters. The molecular formula is C17H18N4O3. The molecule has 0 aliphatic carbocycles. The monoisotopic (exact) mass is 326 g/mol. The number of H-pyrrole nitrogens is 2. The Morgan fingerprint density at radius 1 is 1.21 bits per heavy atom. The maximum absolute atomic E-state index is 12.6. The molecule has 3 aromatic rings. The smallest absolute Gasteiger partial charge is 0.355 e. The predicted molar refractivity (Wildman–Crippen MR) is 90.3 cm³/mol. The summed E-state index contributed by atoms with van der Waals surface area (Å²) in [4.78, 5) is 34.8. The molecule has 1 amide bonds. The molecule has 124 valence electrons. The van der Waals surface area contributed by atoms with E-state index >= 15 is 0 Å². The standard InChI is InChI=1S/C17H18N4O3/c1-4-24-16(23)14-9(2)13(10(3)18-14)15(22)21-17-19-11-7-5-6-8-12(11)20-17/h5-8,18H,4H2,1-3H3,(H2,19,20,21,22). The summed E-state index contributed by atoms with van der Waals surface area (Å²) in [7, 11) is 0. The zero-order chi connectivity index (χ0) is 17.3. The van der Waals surface area contributed by atoms with Gasteiger partial charge in [0.15, 0.2) is 0 Å². The van der Waals surface area contributed by atoms with Gasteiger partial charge in [-0.25, -0.2) is 9.78 Å². The van der Waals surface area contributed by atoms with Gasteiger partial charge in [0, 0.05) is 5.69 Å². The van der Waals surface area contributed by atoms with Crippen molar-refractivity contribution in [3.05, 3.63) is 46.8 Å². The number of nitrogens with one attached hydrogen (secondary N) is 3. The Balaban J connectivity index is 1.88. The molecular weight excluding hydrogens is 308 g/mol. The molecule has 3 rings (SSSR count). The van der Waals surface area contributed by atoms with Gasteiger partial charge in [-0.3, -0.25) is 10.1 Å². The summed E-state index contributed by atoms with van der Waals surface area (Å²) in [5.74, 6) is -0.448. The molecule has 24 heavy (non-hydrogen) atoms. The molecule has 0 aliphatic heterocycles. The van der Waals surface area contributed by atoms with E-state index in [2.05, 4.69) is 20.3 Å². The number of aryl methyl sites for hydroxylation is 1. The highest BCUT2D eigenvalue weighted by Crippen LogP contribution is 2.21. The highest BCUT2D eigenvalue weighted by Gasteiger charge is 2.23. The minimum Gasteiger partial charge on any atom is -0.461 e. The van der Waals surface area contributed by atoms with Crippen molar-refractivity contribution in [3.63, 3.8) is 0 Å². The van der Waals surface area contributed by atoms with E-state index in [-0.39, 0.29) is 12.5 Å². The van der Waals surface area contributed by atoms with Gasteiger partial charge in [-0.05, 0) is 38.5 Å². The number of nitrogens with zero attached hydrogens (tertiary/aromatic N) is 1. The number of aromatic amines is 2. The molecule has 3 N–H and O–H groups in total. The fourth-order valence-electron chi connectivity index (χ4n) is 2.68. The molecule has 0 spiro atoms.